The van der Waals surface area contributed by atoms with Crippen LogP contribution in [0.5, 0.6) is 11.5 Å². The van der Waals surface area contributed by atoms with E-state index in [-0.39, 0.29) is 12.0 Å². The first-order valence-corrected chi connectivity index (χ1v) is 7.82. The number of carbonyl (C=O) groups is 1. The van der Waals surface area contributed by atoms with E-state index >= 15 is 0 Å². The zero-order valence-corrected chi connectivity index (χ0v) is 14.1. The molecule has 126 valence electrons. The van der Waals surface area contributed by atoms with Gasteiger partial charge >= 0.3 is 0 Å². The summed E-state index contributed by atoms with van der Waals surface area (Å²) in [5.74, 6) is 2.14. The van der Waals surface area contributed by atoms with Crippen LogP contribution in [0.1, 0.15) is 10.4 Å². The van der Waals surface area contributed by atoms with Gasteiger partial charge in [-0.15, -0.1) is 0 Å². The molecule has 0 fully saturated rings. The van der Waals surface area contributed by atoms with Gasteiger partial charge in [0.05, 0.1) is 6.54 Å². The van der Waals surface area contributed by atoms with Crippen molar-refractivity contribution in [2.75, 3.05) is 39.2 Å². The van der Waals surface area contributed by atoms with E-state index in [1.54, 1.807) is 30.3 Å². The maximum atomic E-state index is 12.6. The molecule has 0 saturated carbocycles. The number of fused-ring (bicyclic) bond motifs is 1. The van der Waals surface area contributed by atoms with E-state index in [0.29, 0.717) is 24.5 Å². The zero-order chi connectivity index (χ0) is 17.1. The Kier molecular flexibility index (Phi) is 4.55. The Balaban J connectivity index is 1.66. The molecule has 2 heterocycles. The van der Waals surface area contributed by atoms with Gasteiger partial charge in [0, 0.05) is 32.9 Å². The maximum Gasteiger partial charge on any atom is 0.253 e. The van der Waals surface area contributed by atoms with Crippen LogP contribution in [0.2, 0.25) is 0 Å². The average Bonchev–Trinajstić information content (AvgIpc) is 2.61. The SMILES string of the molecule is CN(CC1COc2ccccc2O1)C(=O)c1ccnc(N(C)C)c1. The van der Waals surface area contributed by atoms with Crippen molar-refractivity contribution in [2.45, 2.75) is 6.10 Å². The first-order valence-electron chi connectivity index (χ1n) is 7.82. The number of hydrogen-bond donors (Lipinski definition) is 0. The molecule has 1 atom stereocenters. The van der Waals surface area contributed by atoms with Gasteiger partial charge in [-0.25, -0.2) is 4.98 Å². The molecule has 1 aliphatic heterocycles. The molecule has 6 nitrogen and oxygen atoms in total. The van der Waals surface area contributed by atoms with Crippen molar-refractivity contribution in [1.82, 2.24) is 9.88 Å². The molecule has 6 heteroatoms. The molecule has 1 aliphatic rings. The van der Waals surface area contributed by atoms with Gasteiger partial charge in [0.25, 0.3) is 5.91 Å². The summed E-state index contributed by atoms with van der Waals surface area (Å²) in [6.07, 6.45) is 1.45. The van der Waals surface area contributed by atoms with Crippen molar-refractivity contribution >= 4 is 11.7 Å². The Labute approximate surface area is 141 Å². The Bertz CT molecular complexity index is 733. The number of aromatic nitrogens is 1. The lowest BCUT2D eigenvalue weighted by molar-refractivity contribution is 0.0521. The molecule has 2 aromatic rings. The lowest BCUT2D eigenvalue weighted by atomic mass is 10.2. The molecule has 1 unspecified atom stereocenters. The highest BCUT2D eigenvalue weighted by molar-refractivity contribution is 5.94. The fourth-order valence-corrected chi connectivity index (χ4v) is 2.56. The Morgan fingerprint density at radius 3 is 2.71 bits per heavy atom. The summed E-state index contributed by atoms with van der Waals surface area (Å²) in [7, 11) is 5.55. The Morgan fingerprint density at radius 2 is 1.96 bits per heavy atom. The van der Waals surface area contributed by atoms with Gasteiger partial charge in [-0.05, 0) is 24.3 Å². The molecule has 0 bridgehead atoms. The van der Waals surface area contributed by atoms with Crippen LogP contribution in [0.25, 0.3) is 0 Å². The van der Waals surface area contributed by atoms with Crippen molar-refractivity contribution in [2.24, 2.45) is 0 Å². The van der Waals surface area contributed by atoms with Crippen molar-refractivity contribution in [1.29, 1.82) is 0 Å². The minimum Gasteiger partial charge on any atom is -0.486 e. The number of rotatable bonds is 4. The summed E-state index contributed by atoms with van der Waals surface area (Å²) >= 11 is 0. The molecule has 1 aromatic heterocycles. The maximum absolute atomic E-state index is 12.6. The molecule has 0 aliphatic carbocycles. The van der Waals surface area contributed by atoms with Gasteiger partial charge in [-0.1, -0.05) is 12.1 Å². The predicted molar refractivity (Wildman–Crippen MR) is 91.9 cm³/mol. The van der Waals surface area contributed by atoms with Gasteiger partial charge in [0.2, 0.25) is 0 Å². The quantitative estimate of drug-likeness (QED) is 0.860. The van der Waals surface area contributed by atoms with Gasteiger partial charge in [0.1, 0.15) is 12.4 Å². The van der Waals surface area contributed by atoms with E-state index in [9.17, 15) is 4.79 Å². The molecule has 0 radical (unpaired) electrons. The fourth-order valence-electron chi connectivity index (χ4n) is 2.56. The van der Waals surface area contributed by atoms with Crippen LogP contribution in [-0.4, -0.2) is 56.2 Å². The van der Waals surface area contributed by atoms with Crippen LogP contribution in [0.15, 0.2) is 42.6 Å². The number of ether oxygens (including phenoxy) is 2. The second kappa shape index (κ2) is 6.78. The lowest BCUT2D eigenvalue weighted by Gasteiger charge is -2.29. The van der Waals surface area contributed by atoms with E-state index in [1.807, 2.05) is 43.3 Å². The van der Waals surface area contributed by atoms with E-state index in [1.165, 1.54) is 0 Å². The van der Waals surface area contributed by atoms with E-state index in [0.717, 1.165) is 11.6 Å². The highest BCUT2D eigenvalue weighted by Crippen LogP contribution is 2.31. The highest BCUT2D eigenvalue weighted by atomic mass is 16.6. The van der Waals surface area contributed by atoms with Crippen LogP contribution in [0.3, 0.4) is 0 Å². The second-order valence-electron chi connectivity index (χ2n) is 5.98. The summed E-state index contributed by atoms with van der Waals surface area (Å²) in [5, 5.41) is 0. The van der Waals surface area contributed by atoms with Gasteiger partial charge in [-0.2, -0.15) is 0 Å². The molecule has 0 spiro atoms. The summed E-state index contributed by atoms with van der Waals surface area (Å²) in [5.41, 5.74) is 0.605. The summed E-state index contributed by atoms with van der Waals surface area (Å²) in [6, 6.07) is 11.1. The summed E-state index contributed by atoms with van der Waals surface area (Å²) < 4.78 is 11.6. The van der Waals surface area contributed by atoms with E-state index < -0.39 is 0 Å². The number of para-hydroxylation sites is 2. The number of benzene rings is 1. The van der Waals surface area contributed by atoms with Crippen molar-refractivity contribution in [3.8, 4) is 11.5 Å². The molecular formula is C18H21N3O3. The second-order valence-corrected chi connectivity index (χ2v) is 5.98. The van der Waals surface area contributed by atoms with Crippen molar-refractivity contribution in [3.63, 3.8) is 0 Å². The lowest BCUT2D eigenvalue weighted by Crippen LogP contribution is -2.41. The average molecular weight is 327 g/mol. The molecule has 0 saturated heterocycles. The molecule has 1 aromatic carbocycles. The number of amides is 1. The van der Waals surface area contributed by atoms with E-state index in [4.69, 9.17) is 9.47 Å². The minimum absolute atomic E-state index is 0.0667. The number of pyridine rings is 1. The number of carbonyl (C=O) groups excluding carboxylic acids is 1. The molecule has 1 amide bonds. The van der Waals surface area contributed by atoms with Crippen molar-refractivity contribution in [3.05, 3.63) is 48.2 Å². The van der Waals surface area contributed by atoms with Gasteiger partial charge < -0.3 is 19.3 Å². The van der Waals surface area contributed by atoms with Crippen LogP contribution in [-0.2, 0) is 0 Å². The summed E-state index contributed by atoms with van der Waals surface area (Å²) in [6.45, 7) is 0.876. The first kappa shape index (κ1) is 16.1. The van der Waals surface area contributed by atoms with Crippen LogP contribution < -0.4 is 14.4 Å². The van der Waals surface area contributed by atoms with Crippen LogP contribution >= 0.6 is 0 Å². The third-order valence-electron chi connectivity index (χ3n) is 3.84. The standard InChI is InChI=1S/C18H21N3O3/c1-20(2)17-10-13(8-9-19-17)18(22)21(3)11-14-12-23-15-6-4-5-7-16(15)24-14/h4-10,14H,11-12H2,1-3H3. The largest absolute Gasteiger partial charge is 0.486 e. The predicted octanol–water partition coefficient (Wildman–Crippen LogP) is 2.06. The third kappa shape index (κ3) is 3.42. The Morgan fingerprint density at radius 1 is 1.21 bits per heavy atom. The monoisotopic (exact) mass is 327 g/mol. The fraction of sp³-hybridized carbons (Fsp3) is 0.333. The third-order valence-corrected chi connectivity index (χ3v) is 3.84. The molecular weight excluding hydrogens is 306 g/mol. The van der Waals surface area contributed by atoms with E-state index in [2.05, 4.69) is 4.98 Å². The molecule has 24 heavy (non-hydrogen) atoms. The topological polar surface area (TPSA) is 54.9 Å². The smallest absolute Gasteiger partial charge is 0.253 e. The zero-order valence-electron chi connectivity index (χ0n) is 14.1. The first-order chi connectivity index (χ1) is 11.5. The van der Waals surface area contributed by atoms with Gasteiger partial charge in [-0.3, -0.25) is 4.79 Å². The number of nitrogens with zero attached hydrogens (tertiary/aromatic N) is 3. The summed E-state index contributed by atoms with van der Waals surface area (Å²) in [4.78, 5) is 20.4. The van der Waals surface area contributed by atoms with Crippen molar-refractivity contribution < 1.29 is 14.3 Å². The Hall–Kier alpha value is -2.76. The number of hydrogen-bond acceptors (Lipinski definition) is 5. The molecule has 0 N–H and O–H groups in total. The number of anilines is 1. The van der Waals surface area contributed by atoms with Crippen LogP contribution in [0, 0.1) is 0 Å². The highest BCUT2D eigenvalue weighted by Gasteiger charge is 2.24. The van der Waals surface area contributed by atoms with Crippen LogP contribution in [0.4, 0.5) is 5.82 Å². The molecule has 3 rings (SSSR count). The minimum atomic E-state index is -0.191. The number of likely N-dealkylation sites (N-methyl/N-ethyl adjacent to an activating group) is 1. The normalized spacial score (nSPS) is 15.7. The van der Waals surface area contributed by atoms with Gasteiger partial charge in [0.15, 0.2) is 17.6 Å².